The lowest BCUT2D eigenvalue weighted by Gasteiger charge is -2.14. The van der Waals surface area contributed by atoms with Gasteiger partial charge in [-0.3, -0.25) is 0 Å². The van der Waals surface area contributed by atoms with Crippen LogP contribution in [0.3, 0.4) is 0 Å². The second-order valence-electron chi connectivity index (χ2n) is 4.77. The molecule has 0 aliphatic rings. The molecule has 24 heavy (non-hydrogen) atoms. The number of halogens is 2. The SMILES string of the molecule is COc1cc(COC(=O)c2cc(F)cc(F)c2)cc(OC)c1OC. The van der Waals surface area contributed by atoms with Crippen LogP contribution in [-0.2, 0) is 11.3 Å². The lowest BCUT2D eigenvalue weighted by molar-refractivity contribution is 0.0471. The largest absolute Gasteiger partial charge is 0.493 e. The van der Waals surface area contributed by atoms with E-state index < -0.39 is 17.6 Å². The molecule has 0 aliphatic carbocycles. The minimum absolute atomic E-state index is 0.131. The van der Waals surface area contributed by atoms with Crippen LogP contribution in [0.1, 0.15) is 15.9 Å². The molecule has 0 atom stereocenters. The second kappa shape index (κ2) is 7.63. The smallest absolute Gasteiger partial charge is 0.338 e. The fourth-order valence-corrected chi connectivity index (χ4v) is 2.12. The summed E-state index contributed by atoms with van der Waals surface area (Å²) in [4.78, 5) is 11.9. The highest BCUT2D eigenvalue weighted by molar-refractivity contribution is 5.89. The topological polar surface area (TPSA) is 54.0 Å². The predicted molar refractivity (Wildman–Crippen MR) is 81.6 cm³/mol. The van der Waals surface area contributed by atoms with E-state index in [1.54, 1.807) is 12.1 Å². The monoisotopic (exact) mass is 338 g/mol. The summed E-state index contributed by atoms with van der Waals surface area (Å²) in [6, 6.07) is 5.71. The van der Waals surface area contributed by atoms with Crippen LogP contribution in [0, 0.1) is 11.6 Å². The Hall–Kier alpha value is -2.83. The summed E-state index contributed by atoms with van der Waals surface area (Å²) >= 11 is 0. The maximum atomic E-state index is 13.1. The molecule has 2 aromatic rings. The first kappa shape index (κ1) is 17.5. The van der Waals surface area contributed by atoms with Crippen LogP contribution < -0.4 is 14.2 Å². The summed E-state index contributed by atoms with van der Waals surface area (Å²) in [7, 11) is 4.39. The molecule has 0 radical (unpaired) electrons. The van der Waals surface area contributed by atoms with Gasteiger partial charge < -0.3 is 18.9 Å². The molecule has 5 nitrogen and oxygen atoms in total. The number of benzene rings is 2. The van der Waals surface area contributed by atoms with Crippen molar-refractivity contribution < 1.29 is 32.5 Å². The average Bonchev–Trinajstić information content (AvgIpc) is 2.57. The predicted octanol–water partition coefficient (Wildman–Crippen LogP) is 3.35. The van der Waals surface area contributed by atoms with Crippen LogP contribution in [0.4, 0.5) is 8.78 Å². The van der Waals surface area contributed by atoms with E-state index in [9.17, 15) is 13.6 Å². The van der Waals surface area contributed by atoms with Gasteiger partial charge in [0.2, 0.25) is 5.75 Å². The summed E-state index contributed by atoms with van der Waals surface area (Å²) in [5.41, 5.74) is 0.356. The van der Waals surface area contributed by atoms with Crippen molar-refractivity contribution >= 4 is 5.97 Å². The first-order chi connectivity index (χ1) is 11.5. The van der Waals surface area contributed by atoms with Crippen LogP contribution in [0.2, 0.25) is 0 Å². The third-order valence-corrected chi connectivity index (χ3v) is 3.19. The quantitative estimate of drug-likeness (QED) is 0.756. The number of rotatable bonds is 6. The number of hydrogen-bond acceptors (Lipinski definition) is 5. The third-order valence-electron chi connectivity index (χ3n) is 3.19. The van der Waals surface area contributed by atoms with Gasteiger partial charge in [-0.2, -0.15) is 0 Å². The first-order valence-electron chi connectivity index (χ1n) is 6.90. The van der Waals surface area contributed by atoms with Crippen molar-refractivity contribution in [3.05, 3.63) is 53.1 Å². The molecular formula is C17H16F2O5. The van der Waals surface area contributed by atoms with E-state index in [0.717, 1.165) is 12.1 Å². The summed E-state index contributed by atoms with van der Waals surface area (Å²) in [5.74, 6) is -1.34. The Labute approximate surface area is 137 Å². The maximum absolute atomic E-state index is 13.1. The van der Waals surface area contributed by atoms with Crippen LogP contribution in [0.25, 0.3) is 0 Å². The first-order valence-corrected chi connectivity index (χ1v) is 6.90. The Bertz CT molecular complexity index is 701. The lowest BCUT2D eigenvalue weighted by atomic mass is 10.2. The molecule has 2 rings (SSSR count). The van der Waals surface area contributed by atoms with Gasteiger partial charge in [-0.05, 0) is 29.8 Å². The zero-order valence-corrected chi connectivity index (χ0v) is 13.4. The molecule has 7 heteroatoms. The van der Waals surface area contributed by atoms with Gasteiger partial charge in [-0.1, -0.05) is 0 Å². The van der Waals surface area contributed by atoms with Gasteiger partial charge in [-0.15, -0.1) is 0 Å². The van der Waals surface area contributed by atoms with E-state index in [4.69, 9.17) is 18.9 Å². The van der Waals surface area contributed by atoms with Crippen LogP contribution >= 0.6 is 0 Å². The number of esters is 1. The van der Waals surface area contributed by atoms with Gasteiger partial charge in [0.05, 0.1) is 26.9 Å². The van der Waals surface area contributed by atoms with Crippen molar-refractivity contribution in [3.8, 4) is 17.2 Å². The number of methoxy groups -OCH3 is 3. The Balaban J connectivity index is 2.18. The van der Waals surface area contributed by atoms with Gasteiger partial charge in [0.25, 0.3) is 0 Å². The van der Waals surface area contributed by atoms with E-state index in [0.29, 0.717) is 28.9 Å². The van der Waals surface area contributed by atoms with E-state index in [1.165, 1.54) is 21.3 Å². The number of carbonyl (C=O) groups is 1. The van der Waals surface area contributed by atoms with Gasteiger partial charge >= 0.3 is 5.97 Å². The highest BCUT2D eigenvalue weighted by atomic mass is 19.1. The summed E-state index contributed by atoms with van der Waals surface area (Å²) in [6.45, 7) is -0.131. The van der Waals surface area contributed by atoms with Gasteiger partial charge in [0.15, 0.2) is 11.5 Å². The van der Waals surface area contributed by atoms with Crippen LogP contribution in [0.5, 0.6) is 17.2 Å². The van der Waals surface area contributed by atoms with Crippen molar-refractivity contribution in [2.24, 2.45) is 0 Å². The Morgan fingerprint density at radius 2 is 1.42 bits per heavy atom. The van der Waals surface area contributed by atoms with Crippen molar-refractivity contribution in [1.82, 2.24) is 0 Å². The second-order valence-corrected chi connectivity index (χ2v) is 4.77. The van der Waals surface area contributed by atoms with Gasteiger partial charge in [0.1, 0.15) is 18.2 Å². The molecule has 0 saturated heterocycles. The minimum Gasteiger partial charge on any atom is -0.493 e. The van der Waals surface area contributed by atoms with E-state index in [-0.39, 0.29) is 12.2 Å². The molecule has 0 aliphatic heterocycles. The zero-order valence-electron chi connectivity index (χ0n) is 13.4. The van der Waals surface area contributed by atoms with Crippen molar-refractivity contribution in [2.45, 2.75) is 6.61 Å². The fraction of sp³-hybridized carbons (Fsp3) is 0.235. The Kier molecular flexibility index (Phi) is 5.57. The maximum Gasteiger partial charge on any atom is 0.338 e. The van der Waals surface area contributed by atoms with Crippen molar-refractivity contribution in [1.29, 1.82) is 0 Å². The number of ether oxygens (including phenoxy) is 4. The standard InChI is InChI=1S/C17H16F2O5/c1-21-14-4-10(5-15(22-2)16(14)23-3)9-24-17(20)11-6-12(18)8-13(19)7-11/h4-8H,9H2,1-3H3. The fourth-order valence-electron chi connectivity index (χ4n) is 2.12. The normalized spacial score (nSPS) is 10.2. The zero-order chi connectivity index (χ0) is 17.7. The molecule has 0 aromatic heterocycles. The average molecular weight is 338 g/mol. The third kappa shape index (κ3) is 3.92. The van der Waals surface area contributed by atoms with Gasteiger partial charge in [0, 0.05) is 6.07 Å². The molecule has 0 fully saturated rings. The molecule has 128 valence electrons. The molecule has 0 spiro atoms. The van der Waals surface area contributed by atoms with E-state index >= 15 is 0 Å². The number of carbonyl (C=O) groups excluding carboxylic acids is 1. The molecule has 0 bridgehead atoms. The van der Waals surface area contributed by atoms with E-state index in [2.05, 4.69) is 0 Å². The minimum atomic E-state index is -0.852. The van der Waals surface area contributed by atoms with Crippen LogP contribution in [-0.4, -0.2) is 27.3 Å². The Morgan fingerprint density at radius 3 is 1.88 bits per heavy atom. The Morgan fingerprint density at radius 1 is 0.875 bits per heavy atom. The number of hydrogen-bond donors (Lipinski definition) is 0. The summed E-state index contributed by atoms with van der Waals surface area (Å²) in [6.07, 6.45) is 0. The molecule has 0 N–H and O–H groups in total. The van der Waals surface area contributed by atoms with Crippen molar-refractivity contribution in [2.75, 3.05) is 21.3 Å². The molecule has 0 heterocycles. The van der Waals surface area contributed by atoms with Gasteiger partial charge in [-0.25, -0.2) is 13.6 Å². The molecular weight excluding hydrogens is 322 g/mol. The summed E-state index contributed by atoms with van der Waals surface area (Å²) < 4.78 is 46.9. The molecule has 2 aromatic carbocycles. The van der Waals surface area contributed by atoms with Crippen LogP contribution in [0.15, 0.2) is 30.3 Å². The summed E-state index contributed by atoms with van der Waals surface area (Å²) in [5, 5.41) is 0. The highest BCUT2D eigenvalue weighted by Crippen LogP contribution is 2.38. The molecule has 0 amide bonds. The highest BCUT2D eigenvalue weighted by Gasteiger charge is 2.15. The lowest BCUT2D eigenvalue weighted by Crippen LogP contribution is -2.07. The molecule has 0 unspecified atom stereocenters. The molecule has 0 saturated carbocycles. The van der Waals surface area contributed by atoms with Crippen molar-refractivity contribution in [3.63, 3.8) is 0 Å². The van der Waals surface area contributed by atoms with E-state index in [1.807, 2.05) is 0 Å².